The number of hydrogen-bond acceptors (Lipinski definition) is 3. The van der Waals surface area contributed by atoms with Gasteiger partial charge in [-0.05, 0) is 50.5 Å². The second-order valence-corrected chi connectivity index (χ2v) is 8.67. The Labute approximate surface area is 152 Å². The van der Waals surface area contributed by atoms with E-state index >= 15 is 0 Å². The van der Waals surface area contributed by atoms with E-state index in [9.17, 15) is 17.6 Å². The van der Waals surface area contributed by atoms with Gasteiger partial charge in [0.2, 0.25) is 10.0 Å². The van der Waals surface area contributed by atoms with Crippen molar-refractivity contribution in [3.63, 3.8) is 0 Å². The fourth-order valence-corrected chi connectivity index (χ4v) is 4.03. The third-order valence-electron chi connectivity index (χ3n) is 4.30. The fraction of sp³-hybridized carbons (Fsp3) is 0.316. The monoisotopic (exact) mass is 376 g/mol. The highest BCUT2D eigenvalue weighted by atomic mass is 32.2. The van der Waals surface area contributed by atoms with Crippen molar-refractivity contribution < 1.29 is 17.6 Å². The first kappa shape index (κ1) is 18.5. The maximum atomic E-state index is 14.1. The van der Waals surface area contributed by atoms with Crippen LogP contribution in [0.2, 0.25) is 0 Å². The van der Waals surface area contributed by atoms with Crippen LogP contribution in [0.25, 0.3) is 0 Å². The lowest BCUT2D eigenvalue weighted by Gasteiger charge is -2.27. The molecule has 0 radical (unpaired) electrons. The molecule has 1 aliphatic carbocycles. The number of hydrogen-bond donors (Lipinski definition) is 2. The molecule has 0 bridgehead atoms. The van der Waals surface area contributed by atoms with Gasteiger partial charge < -0.3 is 5.32 Å². The van der Waals surface area contributed by atoms with E-state index in [1.807, 2.05) is 44.2 Å². The van der Waals surface area contributed by atoms with E-state index in [0.717, 1.165) is 30.5 Å². The Morgan fingerprint density at radius 3 is 2.38 bits per heavy atom. The third-order valence-corrected chi connectivity index (χ3v) is 5.84. The number of sulfonamides is 1. The van der Waals surface area contributed by atoms with Crippen LogP contribution in [-0.2, 0) is 15.6 Å². The van der Waals surface area contributed by atoms with Crippen LogP contribution in [0.4, 0.5) is 4.39 Å². The minimum absolute atomic E-state index is 0.0894. The summed E-state index contributed by atoms with van der Waals surface area (Å²) in [5.41, 5.74) is 0.322. The van der Waals surface area contributed by atoms with Crippen LogP contribution in [0, 0.1) is 5.82 Å². The number of halogens is 1. The molecule has 26 heavy (non-hydrogen) atoms. The molecule has 2 N–H and O–H groups in total. The van der Waals surface area contributed by atoms with Crippen LogP contribution < -0.4 is 10.0 Å². The van der Waals surface area contributed by atoms with Gasteiger partial charge in [-0.1, -0.05) is 30.3 Å². The first-order chi connectivity index (χ1) is 12.2. The van der Waals surface area contributed by atoms with E-state index in [1.165, 1.54) is 6.07 Å². The molecule has 1 fully saturated rings. The van der Waals surface area contributed by atoms with Gasteiger partial charge in [0.1, 0.15) is 10.7 Å². The molecule has 0 unspecified atom stereocenters. The van der Waals surface area contributed by atoms with Crippen molar-refractivity contribution in [2.24, 2.45) is 0 Å². The zero-order chi connectivity index (χ0) is 18.9. The largest absolute Gasteiger partial charge is 0.343 e. The normalized spacial score (nSPS) is 14.9. The van der Waals surface area contributed by atoms with E-state index in [1.54, 1.807) is 0 Å². The Morgan fingerprint density at radius 1 is 1.12 bits per heavy atom. The lowest BCUT2D eigenvalue weighted by molar-refractivity contribution is 0.0911. The average Bonchev–Trinajstić information content (AvgIpc) is 3.38. The van der Waals surface area contributed by atoms with E-state index in [0.29, 0.717) is 0 Å². The summed E-state index contributed by atoms with van der Waals surface area (Å²) in [6.45, 7) is 3.69. The van der Waals surface area contributed by atoms with Gasteiger partial charge in [0.05, 0.1) is 5.54 Å². The summed E-state index contributed by atoms with van der Waals surface area (Å²) in [5, 5.41) is 2.86. The molecule has 1 amide bonds. The van der Waals surface area contributed by atoms with Gasteiger partial charge in [-0.2, -0.15) is 0 Å². The van der Waals surface area contributed by atoms with Crippen molar-refractivity contribution in [1.82, 2.24) is 10.0 Å². The summed E-state index contributed by atoms with van der Waals surface area (Å²) < 4.78 is 41.1. The quantitative estimate of drug-likeness (QED) is 0.814. The van der Waals surface area contributed by atoms with Gasteiger partial charge in [0.25, 0.3) is 5.91 Å². The highest BCUT2D eigenvalue weighted by Gasteiger charge is 2.30. The molecule has 0 saturated heterocycles. The predicted molar refractivity (Wildman–Crippen MR) is 96.7 cm³/mol. The summed E-state index contributed by atoms with van der Waals surface area (Å²) in [5.74, 6) is -1.35. The van der Waals surface area contributed by atoms with Gasteiger partial charge in [0, 0.05) is 11.6 Å². The van der Waals surface area contributed by atoms with Crippen molar-refractivity contribution in [2.45, 2.75) is 43.2 Å². The van der Waals surface area contributed by atoms with E-state index in [2.05, 4.69) is 10.0 Å². The highest BCUT2D eigenvalue weighted by molar-refractivity contribution is 7.89. The zero-order valence-electron chi connectivity index (χ0n) is 14.6. The number of carbonyl (C=O) groups is 1. The topological polar surface area (TPSA) is 75.3 Å². The molecule has 138 valence electrons. The van der Waals surface area contributed by atoms with Crippen molar-refractivity contribution in [2.75, 3.05) is 0 Å². The number of nitrogens with one attached hydrogen (secondary N) is 2. The first-order valence-corrected chi connectivity index (χ1v) is 9.87. The average molecular weight is 376 g/mol. The Hall–Kier alpha value is -2.25. The third kappa shape index (κ3) is 4.11. The Kier molecular flexibility index (Phi) is 4.86. The number of carbonyl (C=O) groups excluding carboxylic acids is 1. The van der Waals surface area contributed by atoms with Crippen molar-refractivity contribution >= 4 is 15.9 Å². The van der Waals surface area contributed by atoms with Crippen LogP contribution in [0.5, 0.6) is 0 Å². The van der Waals surface area contributed by atoms with E-state index in [-0.39, 0.29) is 11.6 Å². The van der Waals surface area contributed by atoms with Gasteiger partial charge >= 0.3 is 0 Å². The molecule has 7 heteroatoms. The molecular weight excluding hydrogens is 355 g/mol. The molecular formula is C19H21FN2O3S. The molecule has 5 nitrogen and oxygen atoms in total. The molecule has 1 saturated carbocycles. The van der Waals surface area contributed by atoms with Crippen molar-refractivity contribution in [1.29, 1.82) is 0 Å². The Balaban J connectivity index is 1.85. The van der Waals surface area contributed by atoms with Crippen LogP contribution in [-0.4, -0.2) is 20.4 Å². The standard InChI is InChI=1S/C19H21FN2O3S/c1-19(2,14-6-4-3-5-7-14)21-18(23)13-8-11-16(20)17(12-13)26(24,25)22-15-9-10-15/h3-8,11-12,15,22H,9-10H2,1-2H3,(H,21,23). The van der Waals surface area contributed by atoms with Gasteiger partial charge in [0.15, 0.2) is 0 Å². The van der Waals surface area contributed by atoms with Crippen LogP contribution in [0.1, 0.15) is 42.6 Å². The van der Waals surface area contributed by atoms with Crippen LogP contribution in [0.15, 0.2) is 53.4 Å². The lowest BCUT2D eigenvalue weighted by atomic mass is 9.94. The summed E-state index contributed by atoms with van der Waals surface area (Å²) in [6, 6.07) is 12.6. The number of rotatable bonds is 6. The lowest BCUT2D eigenvalue weighted by Crippen LogP contribution is -2.41. The van der Waals surface area contributed by atoms with E-state index < -0.39 is 32.2 Å². The zero-order valence-corrected chi connectivity index (χ0v) is 15.4. The number of benzene rings is 2. The molecule has 3 rings (SSSR count). The predicted octanol–water partition coefficient (Wildman–Crippen LogP) is 2.93. The van der Waals surface area contributed by atoms with Gasteiger partial charge in [-0.3, -0.25) is 4.79 Å². The minimum Gasteiger partial charge on any atom is -0.343 e. The van der Waals surface area contributed by atoms with Crippen molar-refractivity contribution in [3.8, 4) is 0 Å². The summed E-state index contributed by atoms with van der Waals surface area (Å²) >= 11 is 0. The second kappa shape index (κ2) is 6.81. The highest BCUT2D eigenvalue weighted by Crippen LogP contribution is 2.25. The molecule has 0 heterocycles. The molecule has 2 aromatic carbocycles. The Bertz CT molecular complexity index is 923. The summed E-state index contributed by atoms with van der Waals surface area (Å²) in [7, 11) is -3.98. The Morgan fingerprint density at radius 2 is 1.77 bits per heavy atom. The second-order valence-electron chi connectivity index (χ2n) is 6.99. The molecule has 0 spiro atoms. The maximum Gasteiger partial charge on any atom is 0.252 e. The fourth-order valence-electron chi connectivity index (χ4n) is 2.62. The van der Waals surface area contributed by atoms with Crippen LogP contribution >= 0.6 is 0 Å². The first-order valence-electron chi connectivity index (χ1n) is 8.39. The minimum atomic E-state index is -3.98. The molecule has 0 atom stereocenters. The van der Waals surface area contributed by atoms with Gasteiger partial charge in [-0.15, -0.1) is 0 Å². The summed E-state index contributed by atoms with van der Waals surface area (Å²) in [4.78, 5) is 12.1. The summed E-state index contributed by atoms with van der Waals surface area (Å²) in [6.07, 6.45) is 1.48. The van der Waals surface area contributed by atoms with E-state index in [4.69, 9.17) is 0 Å². The smallest absolute Gasteiger partial charge is 0.252 e. The maximum absolute atomic E-state index is 14.1. The molecule has 0 aliphatic heterocycles. The van der Waals surface area contributed by atoms with Gasteiger partial charge in [-0.25, -0.2) is 17.5 Å². The SMILES string of the molecule is CC(C)(NC(=O)c1ccc(F)c(S(=O)(=O)NC2CC2)c1)c1ccccc1. The van der Waals surface area contributed by atoms with Crippen molar-refractivity contribution in [3.05, 3.63) is 65.5 Å². The number of amides is 1. The van der Waals surface area contributed by atoms with Crippen LogP contribution in [0.3, 0.4) is 0 Å². The molecule has 1 aliphatic rings. The molecule has 0 aromatic heterocycles. The molecule has 2 aromatic rings.